The second-order valence-electron chi connectivity index (χ2n) is 5.65. The van der Waals surface area contributed by atoms with Gasteiger partial charge in [-0.25, -0.2) is 14.8 Å². The second kappa shape index (κ2) is 8.57. The van der Waals surface area contributed by atoms with Crippen LogP contribution in [0.5, 0.6) is 0 Å². The SMILES string of the molecule is COC(=O)c1ccc(NC(=O)c2cnc(NCc3ccccc3)cn2)cc1. The molecule has 2 N–H and O–H groups in total. The summed E-state index contributed by atoms with van der Waals surface area (Å²) in [5.41, 5.74) is 2.26. The quantitative estimate of drug-likeness (QED) is 0.655. The van der Waals surface area contributed by atoms with Crippen LogP contribution >= 0.6 is 0 Å². The molecule has 0 aliphatic carbocycles. The Morgan fingerprint density at radius 1 is 0.963 bits per heavy atom. The zero-order valence-corrected chi connectivity index (χ0v) is 14.7. The van der Waals surface area contributed by atoms with Gasteiger partial charge >= 0.3 is 5.97 Å². The maximum absolute atomic E-state index is 12.3. The van der Waals surface area contributed by atoms with E-state index in [0.29, 0.717) is 23.6 Å². The van der Waals surface area contributed by atoms with Gasteiger partial charge in [0.05, 0.1) is 25.1 Å². The summed E-state index contributed by atoms with van der Waals surface area (Å²) < 4.78 is 4.64. The first-order valence-corrected chi connectivity index (χ1v) is 8.25. The van der Waals surface area contributed by atoms with Crippen LogP contribution in [0.2, 0.25) is 0 Å². The minimum atomic E-state index is -0.433. The fourth-order valence-corrected chi connectivity index (χ4v) is 2.33. The third kappa shape index (κ3) is 4.88. The topological polar surface area (TPSA) is 93.2 Å². The van der Waals surface area contributed by atoms with Crippen LogP contribution in [0.1, 0.15) is 26.4 Å². The summed E-state index contributed by atoms with van der Waals surface area (Å²) in [5.74, 6) is -0.238. The highest BCUT2D eigenvalue weighted by molar-refractivity contribution is 6.03. The molecule has 0 bridgehead atoms. The molecular weight excluding hydrogens is 344 g/mol. The van der Waals surface area contributed by atoms with Gasteiger partial charge in [-0.1, -0.05) is 30.3 Å². The fourth-order valence-electron chi connectivity index (χ4n) is 2.33. The number of hydrogen-bond acceptors (Lipinski definition) is 6. The van der Waals surface area contributed by atoms with E-state index in [4.69, 9.17) is 0 Å². The lowest BCUT2D eigenvalue weighted by atomic mass is 10.2. The van der Waals surface area contributed by atoms with Crippen molar-refractivity contribution in [3.05, 3.63) is 83.8 Å². The van der Waals surface area contributed by atoms with Gasteiger partial charge < -0.3 is 15.4 Å². The van der Waals surface area contributed by atoms with E-state index in [1.807, 2.05) is 30.3 Å². The molecule has 1 amide bonds. The van der Waals surface area contributed by atoms with Gasteiger partial charge in [-0.2, -0.15) is 0 Å². The Morgan fingerprint density at radius 2 is 1.70 bits per heavy atom. The van der Waals surface area contributed by atoms with Crippen LogP contribution in [0.15, 0.2) is 67.0 Å². The maximum Gasteiger partial charge on any atom is 0.337 e. The summed E-state index contributed by atoms with van der Waals surface area (Å²) in [6, 6.07) is 16.3. The van der Waals surface area contributed by atoms with E-state index in [-0.39, 0.29) is 11.6 Å². The van der Waals surface area contributed by atoms with Gasteiger partial charge in [0.1, 0.15) is 11.5 Å². The molecule has 0 saturated heterocycles. The predicted octanol–water partition coefficient (Wildman–Crippen LogP) is 3.13. The number of nitrogens with one attached hydrogen (secondary N) is 2. The van der Waals surface area contributed by atoms with E-state index >= 15 is 0 Å². The highest BCUT2D eigenvalue weighted by Crippen LogP contribution is 2.12. The molecule has 1 heterocycles. The Balaban J connectivity index is 1.58. The van der Waals surface area contributed by atoms with Gasteiger partial charge in [0, 0.05) is 12.2 Å². The minimum Gasteiger partial charge on any atom is -0.465 e. The summed E-state index contributed by atoms with van der Waals surface area (Å²) in [6.45, 7) is 0.619. The first kappa shape index (κ1) is 18.1. The van der Waals surface area contributed by atoms with Crippen molar-refractivity contribution < 1.29 is 14.3 Å². The van der Waals surface area contributed by atoms with Gasteiger partial charge in [0.25, 0.3) is 5.91 Å². The minimum absolute atomic E-state index is 0.192. The lowest BCUT2D eigenvalue weighted by Crippen LogP contribution is -2.14. The highest BCUT2D eigenvalue weighted by atomic mass is 16.5. The van der Waals surface area contributed by atoms with Crippen LogP contribution in [0.4, 0.5) is 11.5 Å². The smallest absolute Gasteiger partial charge is 0.337 e. The van der Waals surface area contributed by atoms with Crippen LogP contribution < -0.4 is 10.6 Å². The van der Waals surface area contributed by atoms with Crippen molar-refractivity contribution in [3.63, 3.8) is 0 Å². The predicted molar refractivity (Wildman–Crippen MR) is 102 cm³/mol. The number of rotatable bonds is 6. The molecule has 7 nitrogen and oxygen atoms in total. The first-order valence-electron chi connectivity index (χ1n) is 8.25. The number of methoxy groups -OCH3 is 1. The maximum atomic E-state index is 12.3. The van der Waals surface area contributed by atoms with Gasteiger partial charge in [0.2, 0.25) is 0 Å². The van der Waals surface area contributed by atoms with E-state index in [1.165, 1.54) is 19.5 Å². The zero-order valence-electron chi connectivity index (χ0n) is 14.7. The number of carbonyl (C=O) groups is 2. The van der Waals surface area contributed by atoms with Gasteiger partial charge in [-0.05, 0) is 29.8 Å². The van der Waals surface area contributed by atoms with E-state index in [0.717, 1.165) is 5.56 Å². The summed E-state index contributed by atoms with van der Waals surface area (Å²) in [4.78, 5) is 32.0. The van der Waals surface area contributed by atoms with Gasteiger partial charge in [0.15, 0.2) is 0 Å². The third-order valence-electron chi connectivity index (χ3n) is 3.76. The number of ether oxygens (including phenoxy) is 1. The number of benzene rings is 2. The Morgan fingerprint density at radius 3 is 2.33 bits per heavy atom. The summed E-state index contributed by atoms with van der Waals surface area (Å²) in [6.07, 6.45) is 2.92. The molecule has 2 aromatic carbocycles. The third-order valence-corrected chi connectivity index (χ3v) is 3.76. The molecule has 3 aromatic rings. The molecule has 3 rings (SSSR count). The summed E-state index contributed by atoms with van der Waals surface area (Å²) in [7, 11) is 1.31. The lowest BCUT2D eigenvalue weighted by molar-refractivity contribution is 0.0600. The normalized spacial score (nSPS) is 10.1. The molecule has 0 spiro atoms. The molecule has 136 valence electrons. The van der Waals surface area contributed by atoms with Gasteiger partial charge in [-0.3, -0.25) is 4.79 Å². The van der Waals surface area contributed by atoms with Crippen molar-refractivity contribution in [1.82, 2.24) is 9.97 Å². The number of esters is 1. The van der Waals surface area contributed by atoms with Crippen LogP contribution in [-0.2, 0) is 11.3 Å². The highest BCUT2D eigenvalue weighted by Gasteiger charge is 2.10. The molecule has 1 aromatic heterocycles. The van der Waals surface area contributed by atoms with Crippen LogP contribution in [0.3, 0.4) is 0 Å². The Labute approximate surface area is 156 Å². The van der Waals surface area contributed by atoms with Crippen LogP contribution in [0, 0.1) is 0 Å². The molecule has 0 radical (unpaired) electrons. The summed E-state index contributed by atoms with van der Waals surface area (Å²) >= 11 is 0. The molecular formula is C20H18N4O3. The zero-order chi connectivity index (χ0) is 19.1. The number of nitrogens with zero attached hydrogens (tertiary/aromatic N) is 2. The van der Waals surface area contributed by atoms with Crippen molar-refractivity contribution in [2.45, 2.75) is 6.54 Å². The van der Waals surface area contributed by atoms with E-state index in [9.17, 15) is 9.59 Å². The number of carbonyl (C=O) groups excluding carboxylic acids is 2. The first-order chi connectivity index (χ1) is 13.2. The molecule has 27 heavy (non-hydrogen) atoms. The number of aromatic nitrogens is 2. The molecule has 0 aliphatic rings. The number of hydrogen-bond donors (Lipinski definition) is 2. The Kier molecular flexibility index (Phi) is 5.73. The molecule has 0 saturated carbocycles. The van der Waals surface area contributed by atoms with Crippen molar-refractivity contribution >= 4 is 23.4 Å². The molecule has 0 unspecified atom stereocenters. The molecule has 0 fully saturated rings. The molecule has 0 aliphatic heterocycles. The number of amides is 1. The van der Waals surface area contributed by atoms with Crippen molar-refractivity contribution in [2.75, 3.05) is 17.7 Å². The largest absolute Gasteiger partial charge is 0.465 e. The van der Waals surface area contributed by atoms with Crippen LogP contribution in [0.25, 0.3) is 0 Å². The van der Waals surface area contributed by atoms with Crippen LogP contribution in [-0.4, -0.2) is 29.0 Å². The monoisotopic (exact) mass is 362 g/mol. The van der Waals surface area contributed by atoms with Gasteiger partial charge in [-0.15, -0.1) is 0 Å². The molecule has 7 heteroatoms. The Bertz CT molecular complexity index is 910. The average Bonchev–Trinajstić information content (AvgIpc) is 2.73. The van der Waals surface area contributed by atoms with Crippen molar-refractivity contribution in [3.8, 4) is 0 Å². The lowest BCUT2D eigenvalue weighted by Gasteiger charge is -2.07. The number of anilines is 2. The van der Waals surface area contributed by atoms with Crippen molar-refractivity contribution in [2.24, 2.45) is 0 Å². The fraction of sp³-hybridized carbons (Fsp3) is 0.100. The van der Waals surface area contributed by atoms with Crippen molar-refractivity contribution in [1.29, 1.82) is 0 Å². The summed E-state index contributed by atoms with van der Waals surface area (Å²) in [5, 5.41) is 5.86. The molecule has 0 atom stereocenters. The average molecular weight is 362 g/mol. The van der Waals surface area contributed by atoms with E-state index in [2.05, 4.69) is 25.3 Å². The Hall–Kier alpha value is -3.74. The van der Waals surface area contributed by atoms with E-state index < -0.39 is 5.97 Å². The van der Waals surface area contributed by atoms with E-state index in [1.54, 1.807) is 24.3 Å². The second-order valence-corrected chi connectivity index (χ2v) is 5.65. The standard InChI is InChI=1S/C20H18N4O3/c1-27-20(26)15-7-9-16(10-8-15)24-19(25)17-12-23-18(13-21-17)22-11-14-5-3-2-4-6-14/h2-10,12-13H,11H2,1H3,(H,22,23)(H,24,25).